The number of benzene rings is 1. The molecule has 0 saturated heterocycles. The Balaban J connectivity index is 2.27. The summed E-state index contributed by atoms with van der Waals surface area (Å²) in [7, 11) is 0. The molecular weight excluding hydrogens is 248 g/mol. The molecule has 0 bridgehead atoms. The lowest BCUT2D eigenvalue weighted by Gasteiger charge is -2.24. The summed E-state index contributed by atoms with van der Waals surface area (Å²) in [5, 5.41) is 10.7. The van der Waals surface area contributed by atoms with Crippen LogP contribution in [0.2, 0.25) is 0 Å². The molecule has 0 amide bonds. The molecule has 112 valence electrons. The Morgan fingerprint density at radius 2 is 1.85 bits per heavy atom. The summed E-state index contributed by atoms with van der Waals surface area (Å²) in [6.07, 6.45) is 4.14. The minimum absolute atomic E-state index is 0.305. The van der Waals surface area contributed by atoms with E-state index in [1.165, 1.54) is 18.4 Å². The fourth-order valence-electron chi connectivity index (χ4n) is 2.88. The third-order valence-electron chi connectivity index (χ3n) is 4.42. The average molecular weight is 276 g/mol. The van der Waals surface area contributed by atoms with E-state index in [0.717, 1.165) is 42.2 Å². The standard InChI is InChI=1S/C18H28O2/c1-5-15(6-2)17(19)16-10-12(3)9-13(4)18(16)20-11-14-7-8-14/h9-10,14-15,17,19H,5-8,11H2,1-4H3. The van der Waals surface area contributed by atoms with Crippen LogP contribution in [0.3, 0.4) is 0 Å². The minimum atomic E-state index is -0.419. The number of hydrogen-bond acceptors (Lipinski definition) is 2. The molecule has 1 atom stereocenters. The lowest BCUT2D eigenvalue weighted by molar-refractivity contribution is 0.0990. The Labute approximate surface area is 123 Å². The van der Waals surface area contributed by atoms with Crippen molar-refractivity contribution in [2.24, 2.45) is 11.8 Å². The van der Waals surface area contributed by atoms with Crippen molar-refractivity contribution in [2.75, 3.05) is 6.61 Å². The van der Waals surface area contributed by atoms with Crippen molar-refractivity contribution in [2.45, 2.75) is 59.5 Å². The van der Waals surface area contributed by atoms with Gasteiger partial charge in [-0.1, -0.05) is 38.3 Å². The van der Waals surface area contributed by atoms with E-state index in [1.54, 1.807) is 0 Å². The fraction of sp³-hybridized carbons (Fsp3) is 0.667. The van der Waals surface area contributed by atoms with Crippen LogP contribution in [0.15, 0.2) is 12.1 Å². The summed E-state index contributed by atoms with van der Waals surface area (Å²) in [4.78, 5) is 0. The largest absolute Gasteiger partial charge is 0.493 e. The highest BCUT2D eigenvalue weighted by Crippen LogP contribution is 2.38. The van der Waals surface area contributed by atoms with Gasteiger partial charge in [0.05, 0.1) is 12.7 Å². The predicted molar refractivity (Wildman–Crippen MR) is 83.2 cm³/mol. The summed E-state index contributed by atoms with van der Waals surface area (Å²) in [6, 6.07) is 4.24. The van der Waals surface area contributed by atoms with Gasteiger partial charge < -0.3 is 9.84 Å². The van der Waals surface area contributed by atoms with Crippen LogP contribution in [0.25, 0.3) is 0 Å². The molecule has 1 aromatic rings. The number of rotatable bonds is 7. The second-order valence-electron chi connectivity index (χ2n) is 6.28. The Kier molecular flexibility index (Phi) is 5.09. The smallest absolute Gasteiger partial charge is 0.128 e. The van der Waals surface area contributed by atoms with Crippen LogP contribution in [0.4, 0.5) is 0 Å². The number of ether oxygens (including phenoxy) is 1. The maximum Gasteiger partial charge on any atom is 0.128 e. The summed E-state index contributed by atoms with van der Waals surface area (Å²) in [5.74, 6) is 1.95. The highest BCUT2D eigenvalue weighted by Gasteiger charge is 2.26. The Morgan fingerprint density at radius 3 is 2.40 bits per heavy atom. The Hall–Kier alpha value is -1.02. The molecule has 1 aliphatic rings. The van der Waals surface area contributed by atoms with E-state index in [9.17, 15) is 5.11 Å². The van der Waals surface area contributed by atoms with Gasteiger partial charge in [-0.3, -0.25) is 0 Å². The quantitative estimate of drug-likeness (QED) is 0.791. The third-order valence-corrected chi connectivity index (χ3v) is 4.42. The first-order chi connectivity index (χ1) is 9.56. The monoisotopic (exact) mass is 276 g/mol. The molecule has 1 aromatic carbocycles. The Bertz CT molecular complexity index is 445. The van der Waals surface area contributed by atoms with Crippen LogP contribution < -0.4 is 4.74 Å². The molecule has 20 heavy (non-hydrogen) atoms. The first-order valence-electron chi connectivity index (χ1n) is 7.98. The highest BCUT2D eigenvalue weighted by atomic mass is 16.5. The van der Waals surface area contributed by atoms with Gasteiger partial charge in [-0.15, -0.1) is 0 Å². The van der Waals surface area contributed by atoms with E-state index in [1.807, 2.05) is 0 Å². The van der Waals surface area contributed by atoms with Crippen LogP contribution in [0, 0.1) is 25.7 Å². The molecule has 0 aromatic heterocycles. The van der Waals surface area contributed by atoms with Crippen LogP contribution >= 0.6 is 0 Å². The van der Waals surface area contributed by atoms with Gasteiger partial charge in [0.25, 0.3) is 0 Å². The number of aryl methyl sites for hydroxylation is 2. The molecule has 1 aliphatic carbocycles. The molecule has 2 nitrogen and oxygen atoms in total. The van der Waals surface area contributed by atoms with Gasteiger partial charge in [-0.05, 0) is 50.2 Å². The van der Waals surface area contributed by atoms with Crippen LogP contribution in [0.5, 0.6) is 5.75 Å². The normalized spacial score (nSPS) is 16.5. The average Bonchev–Trinajstić information content (AvgIpc) is 3.22. The van der Waals surface area contributed by atoms with E-state index >= 15 is 0 Å². The van der Waals surface area contributed by atoms with E-state index in [2.05, 4.69) is 39.8 Å². The van der Waals surface area contributed by atoms with E-state index < -0.39 is 6.10 Å². The SMILES string of the molecule is CCC(CC)C(O)c1cc(C)cc(C)c1OCC1CC1. The summed E-state index contributed by atoms with van der Waals surface area (Å²) >= 11 is 0. The molecule has 2 rings (SSSR count). The van der Waals surface area contributed by atoms with Gasteiger partial charge in [-0.2, -0.15) is 0 Å². The number of aliphatic hydroxyl groups excluding tert-OH is 1. The zero-order valence-corrected chi connectivity index (χ0v) is 13.3. The Morgan fingerprint density at radius 1 is 1.20 bits per heavy atom. The molecule has 0 aliphatic heterocycles. The van der Waals surface area contributed by atoms with E-state index in [4.69, 9.17) is 4.74 Å². The molecule has 0 radical (unpaired) electrons. The zero-order valence-electron chi connectivity index (χ0n) is 13.3. The van der Waals surface area contributed by atoms with Crippen molar-refractivity contribution >= 4 is 0 Å². The molecule has 1 N–H and O–H groups in total. The summed E-state index contributed by atoms with van der Waals surface area (Å²) in [6.45, 7) is 9.25. The topological polar surface area (TPSA) is 29.5 Å². The molecule has 2 heteroatoms. The maximum absolute atomic E-state index is 10.7. The van der Waals surface area contributed by atoms with Crippen molar-refractivity contribution in [3.8, 4) is 5.75 Å². The number of aliphatic hydroxyl groups is 1. The molecule has 1 unspecified atom stereocenters. The third kappa shape index (κ3) is 3.54. The van der Waals surface area contributed by atoms with Crippen molar-refractivity contribution < 1.29 is 9.84 Å². The highest BCUT2D eigenvalue weighted by molar-refractivity contribution is 5.45. The van der Waals surface area contributed by atoms with Crippen LogP contribution in [0.1, 0.15) is 62.3 Å². The fourth-order valence-corrected chi connectivity index (χ4v) is 2.88. The lowest BCUT2D eigenvalue weighted by atomic mass is 9.89. The second kappa shape index (κ2) is 6.62. The van der Waals surface area contributed by atoms with Crippen molar-refractivity contribution in [3.05, 3.63) is 28.8 Å². The summed E-state index contributed by atoms with van der Waals surface area (Å²) in [5.41, 5.74) is 3.32. The van der Waals surface area contributed by atoms with Crippen molar-refractivity contribution in [3.63, 3.8) is 0 Å². The zero-order chi connectivity index (χ0) is 14.7. The summed E-state index contributed by atoms with van der Waals surface area (Å²) < 4.78 is 6.05. The molecular formula is C18H28O2. The van der Waals surface area contributed by atoms with Gasteiger partial charge >= 0.3 is 0 Å². The van der Waals surface area contributed by atoms with Gasteiger partial charge in [0.2, 0.25) is 0 Å². The predicted octanol–water partition coefficient (Wildman–Crippen LogP) is 4.56. The van der Waals surface area contributed by atoms with Gasteiger partial charge in [0.1, 0.15) is 5.75 Å². The molecule has 1 fully saturated rings. The lowest BCUT2D eigenvalue weighted by Crippen LogP contribution is -2.14. The molecule has 1 saturated carbocycles. The number of hydrogen-bond donors (Lipinski definition) is 1. The first-order valence-corrected chi connectivity index (χ1v) is 7.98. The second-order valence-corrected chi connectivity index (χ2v) is 6.28. The minimum Gasteiger partial charge on any atom is -0.493 e. The molecule has 0 heterocycles. The van der Waals surface area contributed by atoms with Crippen LogP contribution in [-0.4, -0.2) is 11.7 Å². The van der Waals surface area contributed by atoms with E-state index in [0.29, 0.717) is 5.92 Å². The van der Waals surface area contributed by atoms with E-state index in [-0.39, 0.29) is 0 Å². The molecule has 0 spiro atoms. The van der Waals surface area contributed by atoms with Gasteiger partial charge in [-0.25, -0.2) is 0 Å². The van der Waals surface area contributed by atoms with Gasteiger partial charge in [0.15, 0.2) is 0 Å². The first kappa shape index (κ1) is 15.4. The van der Waals surface area contributed by atoms with Crippen molar-refractivity contribution in [1.82, 2.24) is 0 Å². The van der Waals surface area contributed by atoms with Crippen LogP contribution in [-0.2, 0) is 0 Å². The maximum atomic E-state index is 10.7. The van der Waals surface area contributed by atoms with Crippen molar-refractivity contribution in [1.29, 1.82) is 0 Å². The van der Waals surface area contributed by atoms with Gasteiger partial charge in [0, 0.05) is 5.56 Å².